The Morgan fingerprint density at radius 3 is 2.03 bits per heavy atom. The summed E-state index contributed by atoms with van der Waals surface area (Å²) in [7, 11) is -0.138. The molecule has 9 nitrogen and oxygen atoms in total. The molecule has 0 atom stereocenters. The highest BCUT2D eigenvalue weighted by Gasteiger charge is 2.25. The molecule has 0 fully saturated rings. The Balaban J connectivity index is 1.82. The van der Waals surface area contributed by atoms with Crippen LogP contribution in [0.2, 0.25) is 10.0 Å². The maximum Gasteiger partial charge on any atom is 0.340 e. The summed E-state index contributed by atoms with van der Waals surface area (Å²) in [4.78, 5) is 24.9. The summed E-state index contributed by atoms with van der Waals surface area (Å²) in [6, 6.07) is 9.30. The Kier molecular flexibility index (Phi) is 8.85. The van der Waals surface area contributed by atoms with E-state index in [9.17, 15) is 22.4 Å². The van der Waals surface area contributed by atoms with E-state index in [0.717, 1.165) is 24.3 Å². The molecule has 0 radical (unpaired) electrons. The maximum atomic E-state index is 13.1. The van der Waals surface area contributed by atoms with E-state index in [0.29, 0.717) is 0 Å². The van der Waals surface area contributed by atoms with Crippen LogP contribution in [0.5, 0.6) is 17.2 Å². The topological polar surface area (TPSA) is 117 Å². The third kappa shape index (κ3) is 6.43. The first-order valence-electron chi connectivity index (χ1n) is 10.3. The molecule has 0 aliphatic carbocycles. The molecule has 0 aromatic heterocycles. The van der Waals surface area contributed by atoms with E-state index in [1.807, 2.05) is 0 Å². The number of ketones is 1. The number of carbonyl (C=O) groups is 2. The molecule has 3 aromatic rings. The van der Waals surface area contributed by atoms with Crippen LogP contribution in [0.3, 0.4) is 0 Å². The Labute approximate surface area is 222 Å². The molecule has 0 aliphatic heterocycles. The Hall–Kier alpha value is -3.54. The van der Waals surface area contributed by atoms with Crippen molar-refractivity contribution in [1.29, 1.82) is 0 Å². The number of esters is 1. The first kappa shape index (κ1) is 28.0. The van der Waals surface area contributed by atoms with Gasteiger partial charge in [0.2, 0.25) is 11.5 Å². The van der Waals surface area contributed by atoms with Crippen molar-refractivity contribution in [3.63, 3.8) is 0 Å². The summed E-state index contributed by atoms with van der Waals surface area (Å²) >= 11 is 12.2. The maximum absolute atomic E-state index is 13.1. The van der Waals surface area contributed by atoms with Gasteiger partial charge in [0.15, 0.2) is 18.1 Å². The van der Waals surface area contributed by atoms with Crippen molar-refractivity contribution >= 4 is 50.7 Å². The fraction of sp³-hybridized carbons (Fsp3) is 0.167. The molecule has 0 heterocycles. The number of rotatable bonds is 10. The normalized spacial score (nSPS) is 11.0. The van der Waals surface area contributed by atoms with E-state index in [2.05, 4.69) is 4.72 Å². The van der Waals surface area contributed by atoms with E-state index in [4.69, 9.17) is 42.1 Å². The molecule has 196 valence electrons. The SMILES string of the molecule is COc1cc(C(=O)COC(=O)c2cc(S(=O)(=O)Nc3ccc(F)cc3)c(Cl)cc2Cl)cc(OC)c1OC. The lowest BCUT2D eigenvalue weighted by atomic mass is 10.1. The Morgan fingerprint density at radius 1 is 0.892 bits per heavy atom. The average molecular weight is 572 g/mol. The van der Waals surface area contributed by atoms with E-state index >= 15 is 0 Å². The summed E-state index contributed by atoms with van der Waals surface area (Å²) in [5.41, 5.74) is -0.174. The smallest absolute Gasteiger partial charge is 0.340 e. The molecule has 0 unspecified atom stereocenters. The average Bonchev–Trinajstić information content (AvgIpc) is 2.87. The molecule has 37 heavy (non-hydrogen) atoms. The van der Waals surface area contributed by atoms with Crippen molar-refractivity contribution in [3.05, 3.63) is 75.5 Å². The molecular formula is C24H20Cl2FNO8S. The lowest BCUT2D eigenvalue weighted by Crippen LogP contribution is -2.17. The fourth-order valence-corrected chi connectivity index (χ4v) is 5.06. The number of Topliss-reactive ketones (excluding diaryl/α,β-unsaturated/α-hetero) is 1. The van der Waals surface area contributed by atoms with Crippen molar-refractivity contribution < 1.29 is 41.3 Å². The number of ether oxygens (including phenoxy) is 4. The largest absolute Gasteiger partial charge is 0.493 e. The number of anilines is 1. The van der Waals surface area contributed by atoms with Crippen LogP contribution in [0.25, 0.3) is 0 Å². The second-order valence-electron chi connectivity index (χ2n) is 7.29. The zero-order valence-electron chi connectivity index (χ0n) is 19.6. The first-order valence-corrected chi connectivity index (χ1v) is 12.5. The highest BCUT2D eigenvalue weighted by molar-refractivity contribution is 7.92. The van der Waals surface area contributed by atoms with Gasteiger partial charge in [-0.15, -0.1) is 0 Å². The summed E-state index contributed by atoms with van der Waals surface area (Å²) < 4.78 is 61.8. The summed E-state index contributed by atoms with van der Waals surface area (Å²) in [5.74, 6) is -1.51. The van der Waals surface area contributed by atoms with Crippen LogP contribution in [-0.4, -0.2) is 48.1 Å². The number of methoxy groups -OCH3 is 3. The first-order chi connectivity index (χ1) is 17.5. The van der Waals surface area contributed by atoms with Crippen molar-refractivity contribution in [2.45, 2.75) is 4.90 Å². The van der Waals surface area contributed by atoms with Crippen molar-refractivity contribution in [2.75, 3.05) is 32.7 Å². The molecule has 1 N–H and O–H groups in total. The van der Waals surface area contributed by atoms with Gasteiger partial charge in [-0.3, -0.25) is 9.52 Å². The highest BCUT2D eigenvalue weighted by atomic mass is 35.5. The number of hydrogen-bond donors (Lipinski definition) is 1. The molecule has 0 spiro atoms. The van der Waals surface area contributed by atoms with Gasteiger partial charge in [0.05, 0.1) is 36.9 Å². The van der Waals surface area contributed by atoms with Crippen LogP contribution in [0.15, 0.2) is 53.4 Å². The Bertz CT molecular complexity index is 1420. The van der Waals surface area contributed by atoms with Gasteiger partial charge in [-0.2, -0.15) is 0 Å². The lowest BCUT2D eigenvalue weighted by molar-refractivity contribution is 0.0474. The molecular weight excluding hydrogens is 552 g/mol. The fourth-order valence-electron chi connectivity index (χ4n) is 3.15. The highest BCUT2D eigenvalue weighted by Crippen LogP contribution is 2.38. The standard InChI is InChI=1S/C24H20Cl2FNO8S/c1-33-20-8-13(9-21(34-2)23(20)35-3)19(29)12-36-24(30)16-10-22(18(26)11-17(16)25)37(31,32)28-15-6-4-14(27)5-7-15/h4-11,28H,12H2,1-3H3. The van der Waals surface area contributed by atoms with Crippen LogP contribution in [-0.2, 0) is 14.8 Å². The molecule has 3 aromatic carbocycles. The zero-order chi connectivity index (χ0) is 27.3. The van der Waals surface area contributed by atoms with Gasteiger partial charge in [-0.05, 0) is 48.5 Å². The van der Waals surface area contributed by atoms with E-state index in [1.54, 1.807) is 0 Å². The third-order valence-electron chi connectivity index (χ3n) is 4.95. The number of halogens is 3. The van der Waals surface area contributed by atoms with E-state index in [-0.39, 0.29) is 44.1 Å². The second-order valence-corrected chi connectivity index (χ2v) is 9.75. The number of carbonyl (C=O) groups excluding carboxylic acids is 2. The number of nitrogens with one attached hydrogen (secondary N) is 1. The second kappa shape index (κ2) is 11.7. The predicted molar refractivity (Wildman–Crippen MR) is 134 cm³/mol. The predicted octanol–water partition coefficient (Wildman–Crippen LogP) is 5.00. The number of benzene rings is 3. The van der Waals surface area contributed by atoms with Crippen LogP contribution >= 0.6 is 23.2 Å². The number of hydrogen-bond acceptors (Lipinski definition) is 8. The Morgan fingerprint density at radius 2 is 1.49 bits per heavy atom. The molecule has 0 saturated heterocycles. The van der Waals surface area contributed by atoms with Gasteiger partial charge >= 0.3 is 5.97 Å². The molecule has 13 heteroatoms. The third-order valence-corrected chi connectivity index (χ3v) is 7.11. The van der Waals surface area contributed by atoms with Crippen LogP contribution in [0, 0.1) is 5.82 Å². The van der Waals surface area contributed by atoms with Gasteiger partial charge in [-0.1, -0.05) is 23.2 Å². The van der Waals surface area contributed by atoms with Gasteiger partial charge in [0.25, 0.3) is 10.0 Å². The van der Waals surface area contributed by atoms with Crippen LogP contribution in [0.1, 0.15) is 20.7 Å². The molecule has 3 rings (SSSR count). The number of sulfonamides is 1. The van der Waals surface area contributed by atoms with E-state index in [1.165, 1.54) is 45.6 Å². The van der Waals surface area contributed by atoms with Gasteiger partial charge in [0, 0.05) is 11.3 Å². The van der Waals surface area contributed by atoms with Gasteiger partial charge < -0.3 is 18.9 Å². The minimum absolute atomic E-state index is 0.0625. The minimum atomic E-state index is -4.30. The quantitative estimate of drug-likeness (QED) is 0.267. The minimum Gasteiger partial charge on any atom is -0.493 e. The van der Waals surface area contributed by atoms with Gasteiger partial charge in [-0.25, -0.2) is 17.6 Å². The summed E-state index contributed by atoms with van der Waals surface area (Å²) in [5, 5.41) is -0.472. The van der Waals surface area contributed by atoms with Crippen LogP contribution < -0.4 is 18.9 Å². The summed E-state index contributed by atoms with van der Waals surface area (Å²) in [6.45, 7) is -0.702. The monoisotopic (exact) mass is 571 g/mol. The molecule has 0 saturated carbocycles. The van der Waals surface area contributed by atoms with Gasteiger partial charge in [0.1, 0.15) is 10.7 Å². The summed E-state index contributed by atoms with van der Waals surface area (Å²) in [6.07, 6.45) is 0. The zero-order valence-corrected chi connectivity index (χ0v) is 22.0. The van der Waals surface area contributed by atoms with Crippen molar-refractivity contribution in [1.82, 2.24) is 0 Å². The lowest BCUT2D eigenvalue weighted by Gasteiger charge is -2.14. The molecule has 0 aliphatic rings. The van der Waals surface area contributed by atoms with Crippen molar-refractivity contribution in [3.8, 4) is 17.2 Å². The van der Waals surface area contributed by atoms with Crippen LogP contribution in [0.4, 0.5) is 10.1 Å². The van der Waals surface area contributed by atoms with Crippen molar-refractivity contribution in [2.24, 2.45) is 0 Å². The molecule has 0 bridgehead atoms. The molecule has 0 amide bonds. The van der Waals surface area contributed by atoms with E-state index < -0.39 is 39.1 Å².